The maximum atomic E-state index is 5.24. The molecule has 0 aromatic carbocycles. The van der Waals surface area contributed by atoms with Crippen LogP contribution in [0.25, 0.3) is 0 Å². The van der Waals surface area contributed by atoms with Crippen molar-refractivity contribution in [2.75, 3.05) is 13.1 Å². The van der Waals surface area contributed by atoms with Gasteiger partial charge in [-0.1, -0.05) is 20.3 Å². The number of hydrazine groups is 1. The van der Waals surface area contributed by atoms with E-state index in [4.69, 9.17) is 5.84 Å². The molecule has 12 heavy (non-hydrogen) atoms. The summed E-state index contributed by atoms with van der Waals surface area (Å²) in [6.07, 6.45) is 1.15. The van der Waals surface area contributed by atoms with E-state index in [-0.39, 0.29) is 0 Å². The van der Waals surface area contributed by atoms with Gasteiger partial charge in [0, 0.05) is 13.1 Å². The highest BCUT2D eigenvalue weighted by molar-refractivity contribution is 5.79. The molecule has 0 aromatic heterocycles. The van der Waals surface area contributed by atoms with Gasteiger partial charge in [-0.3, -0.25) is 10.4 Å². The van der Waals surface area contributed by atoms with Crippen LogP contribution in [0, 0.1) is 5.92 Å². The third kappa shape index (κ3) is 4.96. The van der Waals surface area contributed by atoms with Crippen LogP contribution >= 0.6 is 0 Å². The summed E-state index contributed by atoms with van der Waals surface area (Å²) in [4.78, 5) is 4.27. The molecule has 0 saturated carbocycles. The first kappa shape index (κ1) is 11.2. The summed E-state index contributed by atoms with van der Waals surface area (Å²) in [7, 11) is 0. The summed E-state index contributed by atoms with van der Waals surface area (Å²) >= 11 is 0. The van der Waals surface area contributed by atoms with Gasteiger partial charge in [0.15, 0.2) is 0 Å². The minimum absolute atomic E-state index is 0.618. The summed E-state index contributed by atoms with van der Waals surface area (Å²) in [5.74, 6) is 6.54. The number of aliphatic imine (C=N–C) groups is 1. The predicted octanol–water partition coefficient (Wildman–Crippen LogP) is 0.461. The van der Waals surface area contributed by atoms with Gasteiger partial charge >= 0.3 is 0 Å². The summed E-state index contributed by atoms with van der Waals surface area (Å²) in [5.41, 5.74) is 2.52. The number of nitrogens with two attached hydrogens (primary N) is 1. The zero-order valence-electron chi connectivity index (χ0n) is 8.22. The molecule has 4 N–H and O–H groups in total. The fraction of sp³-hybridized carbons (Fsp3) is 0.875. The van der Waals surface area contributed by atoms with E-state index >= 15 is 0 Å². The molecule has 0 radical (unpaired) electrons. The Labute approximate surface area is 74.6 Å². The fourth-order valence-electron chi connectivity index (χ4n) is 0.696. The molecular weight excluding hydrogens is 152 g/mol. The lowest BCUT2D eigenvalue weighted by molar-refractivity contribution is 0.573. The van der Waals surface area contributed by atoms with E-state index in [0.717, 1.165) is 19.5 Å². The Morgan fingerprint density at radius 1 is 1.50 bits per heavy atom. The summed E-state index contributed by atoms with van der Waals surface area (Å²) in [6, 6.07) is 0. The van der Waals surface area contributed by atoms with Crippen LogP contribution in [-0.4, -0.2) is 19.0 Å². The van der Waals surface area contributed by atoms with Crippen molar-refractivity contribution < 1.29 is 0 Å². The van der Waals surface area contributed by atoms with Crippen molar-refractivity contribution in [1.29, 1.82) is 0 Å². The number of hydrogen-bond acceptors (Lipinski definition) is 2. The van der Waals surface area contributed by atoms with Crippen LogP contribution < -0.4 is 16.6 Å². The molecule has 4 nitrogen and oxygen atoms in total. The maximum Gasteiger partial charge on any atom is 0.205 e. The zero-order chi connectivity index (χ0) is 9.40. The Kier molecular flexibility index (Phi) is 6.47. The van der Waals surface area contributed by atoms with Crippen molar-refractivity contribution in [2.45, 2.75) is 27.2 Å². The second kappa shape index (κ2) is 6.91. The molecule has 0 spiro atoms. The molecule has 1 unspecified atom stereocenters. The second-order valence-electron chi connectivity index (χ2n) is 2.88. The Hall–Kier alpha value is -0.770. The number of guanidine groups is 1. The van der Waals surface area contributed by atoms with Gasteiger partial charge in [-0.2, -0.15) is 0 Å². The quantitative estimate of drug-likeness (QED) is 0.250. The lowest BCUT2D eigenvalue weighted by Crippen LogP contribution is -2.41. The third-order valence-electron chi connectivity index (χ3n) is 1.74. The van der Waals surface area contributed by atoms with Crippen molar-refractivity contribution in [3.63, 3.8) is 0 Å². The molecule has 0 amide bonds. The second-order valence-corrected chi connectivity index (χ2v) is 2.88. The number of nitrogens with one attached hydrogen (secondary N) is 2. The molecule has 0 aliphatic heterocycles. The monoisotopic (exact) mass is 172 g/mol. The van der Waals surface area contributed by atoms with E-state index < -0.39 is 0 Å². The smallest absolute Gasteiger partial charge is 0.205 e. The molecular formula is C8H20N4. The van der Waals surface area contributed by atoms with E-state index in [0.29, 0.717) is 11.9 Å². The molecule has 0 saturated heterocycles. The highest BCUT2D eigenvalue weighted by Gasteiger charge is 1.97. The first-order valence-corrected chi connectivity index (χ1v) is 4.49. The Balaban J connectivity index is 3.76. The lowest BCUT2D eigenvalue weighted by atomic mass is 10.1. The summed E-state index contributed by atoms with van der Waals surface area (Å²) in [5, 5.41) is 3.03. The molecule has 0 bridgehead atoms. The number of hydrogen-bond donors (Lipinski definition) is 3. The summed E-state index contributed by atoms with van der Waals surface area (Å²) < 4.78 is 0. The van der Waals surface area contributed by atoms with Gasteiger partial charge in [-0.15, -0.1) is 0 Å². The van der Waals surface area contributed by atoms with Crippen molar-refractivity contribution in [1.82, 2.24) is 10.7 Å². The molecule has 0 fully saturated rings. The number of nitrogens with zero attached hydrogens (tertiary/aromatic N) is 1. The van der Waals surface area contributed by atoms with Crippen LogP contribution in [0.5, 0.6) is 0 Å². The van der Waals surface area contributed by atoms with Crippen molar-refractivity contribution in [3.05, 3.63) is 0 Å². The third-order valence-corrected chi connectivity index (χ3v) is 1.74. The van der Waals surface area contributed by atoms with Crippen LogP contribution in [0.3, 0.4) is 0 Å². The van der Waals surface area contributed by atoms with Gasteiger partial charge in [-0.05, 0) is 12.8 Å². The highest BCUT2D eigenvalue weighted by Crippen LogP contribution is 1.99. The predicted molar refractivity (Wildman–Crippen MR) is 52.8 cm³/mol. The van der Waals surface area contributed by atoms with Crippen LogP contribution in [0.15, 0.2) is 4.99 Å². The van der Waals surface area contributed by atoms with Gasteiger partial charge < -0.3 is 5.32 Å². The highest BCUT2D eigenvalue weighted by atomic mass is 15.3. The minimum atomic E-state index is 0.618. The molecule has 0 rings (SSSR count). The first-order chi connectivity index (χ1) is 5.74. The van der Waals surface area contributed by atoms with E-state index in [2.05, 4.69) is 29.6 Å². The Morgan fingerprint density at radius 2 is 2.17 bits per heavy atom. The topological polar surface area (TPSA) is 62.4 Å². The lowest BCUT2D eigenvalue weighted by Gasteiger charge is -2.08. The maximum absolute atomic E-state index is 5.24. The van der Waals surface area contributed by atoms with Crippen LogP contribution in [-0.2, 0) is 0 Å². The molecule has 72 valence electrons. The van der Waals surface area contributed by atoms with E-state index in [1.165, 1.54) is 0 Å². The summed E-state index contributed by atoms with van der Waals surface area (Å²) in [6.45, 7) is 8.00. The van der Waals surface area contributed by atoms with Crippen LogP contribution in [0.1, 0.15) is 27.2 Å². The van der Waals surface area contributed by atoms with E-state index in [1.54, 1.807) is 0 Å². The Bertz CT molecular complexity index is 133. The van der Waals surface area contributed by atoms with Crippen molar-refractivity contribution in [3.8, 4) is 0 Å². The largest absolute Gasteiger partial charge is 0.356 e. The zero-order valence-corrected chi connectivity index (χ0v) is 8.22. The SMILES string of the molecule is CCNC(=NCC(C)CC)NN. The van der Waals surface area contributed by atoms with Gasteiger partial charge in [0.2, 0.25) is 5.96 Å². The van der Waals surface area contributed by atoms with Gasteiger partial charge in [0.1, 0.15) is 0 Å². The molecule has 1 atom stereocenters. The fourth-order valence-corrected chi connectivity index (χ4v) is 0.696. The van der Waals surface area contributed by atoms with Gasteiger partial charge in [0.05, 0.1) is 0 Å². The molecule has 0 aliphatic carbocycles. The standard InChI is InChI=1S/C8H20N4/c1-4-7(3)6-11-8(12-9)10-5-2/h7H,4-6,9H2,1-3H3,(H2,10,11,12). The van der Waals surface area contributed by atoms with Gasteiger partial charge in [0.25, 0.3) is 0 Å². The Morgan fingerprint density at radius 3 is 2.58 bits per heavy atom. The molecule has 0 aromatic rings. The van der Waals surface area contributed by atoms with Crippen LogP contribution in [0.4, 0.5) is 0 Å². The average Bonchev–Trinajstić information content (AvgIpc) is 2.11. The molecule has 0 aliphatic rings. The minimum Gasteiger partial charge on any atom is -0.356 e. The molecule has 0 heterocycles. The average molecular weight is 172 g/mol. The van der Waals surface area contributed by atoms with Crippen LogP contribution in [0.2, 0.25) is 0 Å². The number of rotatable bonds is 4. The van der Waals surface area contributed by atoms with E-state index in [9.17, 15) is 0 Å². The van der Waals surface area contributed by atoms with Crippen molar-refractivity contribution >= 4 is 5.96 Å². The first-order valence-electron chi connectivity index (χ1n) is 4.49. The van der Waals surface area contributed by atoms with Gasteiger partial charge in [-0.25, -0.2) is 5.84 Å². The van der Waals surface area contributed by atoms with E-state index in [1.807, 2.05) is 6.92 Å². The normalized spacial score (nSPS) is 14.2. The molecule has 4 heteroatoms. The van der Waals surface area contributed by atoms with Crippen molar-refractivity contribution in [2.24, 2.45) is 16.8 Å².